The normalized spacial score (nSPS) is 24.7. The number of amides is 1. The van der Waals surface area contributed by atoms with E-state index in [1.807, 2.05) is 0 Å². The maximum Gasteiger partial charge on any atom is 0.251 e. The van der Waals surface area contributed by atoms with Gasteiger partial charge in [0.05, 0.1) is 19.2 Å². The third kappa shape index (κ3) is 3.49. The Balaban J connectivity index is 2.17. The molecule has 1 aliphatic rings. The summed E-state index contributed by atoms with van der Waals surface area (Å²) in [6.07, 6.45) is 3.41. The van der Waals surface area contributed by atoms with E-state index in [2.05, 4.69) is 19.2 Å². The second kappa shape index (κ2) is 7.23. The fourth-order valence-electron chi connectivity index (χ4n) is 3.09. The van der Waals surface area contributed by atoms with Crippen molar-refractivity contribution in [2.75, 3.05) is 14.2 Å². The van der Waals surface area contributed by atoms with Crippen molar-refractivity contribution in [3.63, 3.8) is 0 Å². The highest BCUT2D eigenvalue weighted by Gasteiger charge is 2.28. The largest absolute Gasteiger partial charge is 0.493 e. The number of ether oxygens (including phenoxy) is 2. The molecule has 0 aliphatic heterocycles. The van der Waals surface area contributed by atoms with E-state index in [1.54, 1.807) is 12.1 Å². The standard InChI is InChI=1S/C17H24ClNO3/c1-10-6-5-7-14(11(10)2)19-17(20)12-8-13(18)16(22-4)15(9-12)21-3/h8-11,14H,5-7H2,1-4H3,(H,19,20)/t10-,11+,14+/m1/s1. The van der Waals surface area contributed by atoms with Gasteiger partial charge in [0.2, 0.25) is 0 Å². The van der Waals surface area contributed by atoms with E-state index in [1.165, 1.54) is 20.6 Å². The van der Waals surface area contributed by atoms with Crippen LogP contribution in [0.3, 0.4) is 0 Å². The molecule has 3 atom stereocenters. The van der Waals surface area contributed by atoms with Gasteiger partial charge in [0, 0.05) is 11.6 Å². The van der Waals surface area contributed by atoms with Gasteiger partial charge in [-0.2, -0.15) is 0 Å². The fraction of sp³-hybridized carbons (Fsp3) is 0.588. The maximum atomic E-state index is 12.5. The van der Waals surface area contributed by atoms with E-state index in [-0.39, 0.29) is 11.9 Å². The molecule has 4 nitrogen and oxygen atoms in total. The lowest BCUT2D eigenvalue weighted by Crippen LogP contribution is -2.43. The zero-order chi connectivity index (χ0) is 16.3. The molecule has 1 aromatic carbocycles. The van der Waals surface area contributed by atoms with Crippen LogP contribution >= 0.6 is 11.6 Å². The minimum absolute atomic E-state index is 0.117. The molecule has 1 aliphatic carbocycles. The van der Waals surface area contributed by atoms with Crippen molar-refractivity contribution >= 4 is 17.5 Å². The summed E-state index contributed by atoms with van der Waals surface area (Å²) in [6.45, 7) is 4.45. The molecule has 0 bridgehead atoms. The predicted octanol–water partition coefficient (Wildman–Crippen LogP) is 3.91. The number of hydrogen-bond acceptors (Lipinski definition) is 3. The Morgan fingerprint density at radius 3 is 2.59 bits per heavy atom. The number of rotatable bonds is 4. The molecular weight excluding hydrogens is 302 g/mol. The van der Waals surface area contributed by atoms with Gasteiger partial charge in [-0.1, -0.05) is 38.3 Å². The highest BCUT2D eigenvalue weighted by atomic mass is 35.5. The SMILES string of the molecule is COc1cc(C(=O)N[C@H]2CCC[C@@H](C)[C@@H]2C)cc(Cl)c1OC. The number of carbonyl (C=O) groups excluding carboxylic acids is 1. The van der Waals surface area contributed by atoms with Gasteiger partial charge >= 0.3 is 0 Å². The molecule has 22 heavy (non-hydrogen) atoms. The van der Waals surface area contributed by atoms with Crippen LogP contribution < -0.4 is 14.8 Å². The summed E-state index contributed by atoms with van der Waals surface area (Å²) in [6, 6.07) is 3.50. The van der Waals surface area contributed by atoms with Gasteiger partial charge < -0.3 is 14.8 Å². The van der Waals surface area contributed by atoms with Crippen LogP contribution in [0, 0.1) is 11.8 Å². The fourth-order valence-corrected chi connectivity index (χ4v) is 3.37. The molecule has 1 aromatic rings. The summed E-state index contributed by atoms with van der Waals surface area (Å²) >= 11 is 6.17. The molecular formula is C17H24ClNO3. The number of hydrogen-bond donors (Lipinski definition) is 1. The van der Waals surface area contributed by atoms with Gasteiger partial charge in [-0.15, -0.1) is 0 Å². The third-order valence-corrected chi connectivity index (χ3v) is 5.00. The lowest BCUT2D eigenvalue weighted by molar-refractivity contribution is 0.0890. The van der Waals surface area contributed by atoms with E-state index in [4.69, 9.17) is 21.1 Å². The van der Waals surface area contributed by atoms with Gasteiger partial charge in [0.15, 0.2) is 11.5 Å². The van der Waals surface area contributed by atoms with Crippen molar-refractivity contribution in [1.29, 1.82) is 0 Å². The summed E-state index contributed by atoms with van der Waals surface area (Å²) in [4.78, 5) is 12.5. The van der Waals surface area contributed by atoms with Crippen LogP contribution in [0.15, 0.2) is 12.1 Å². The van der Waals surface area contributed by atoms with E-state index in [0.29, 0.717) is 33.9 Å². The van der Waals surface area contributed by atoms with Crippen LogP contribution in [0.1, 0.15) is 43.5 Å². The molecule has 0 radical (unpaired) electrons. The Labute approximate surface area is 137 Å². The molecule has 0 aromatic heterocycles. The van der Waals surface area contributed by atoms with Crippen molar-refractivity contribution < 1.29 is 14.3 Å². The van der Waals surface area contributed by atoms with E-state index >= 15 is 0 Å². The van der Waals surface area contributed by atoms with Crippen LogP contribution in [0.25, 0.3) is 0 Å². The zero-order valence-corrected chi connectivity index (χ0v) is 14.4. The number of halogens is 1. The van der Waals surface area contributed by atoms with Gasteiger partial charge in [0.1, 0.15) is 0 Å². The first-order valence-corrected chi connectivity index (χ1v) is 8.08. The first-order chi connectivity index (χ1) is 10.5. The Bertz CT molecular complexity index is 547. The Morgan fingerprint density at radius 2 is 1.95 bits per heavy atom. The molecule has 0 saturated heterocycles. The van der Waals surface area contributed by atoms with E-state index in [0.717, 1.165) is 12.8 Å². The molecule has 1 N–H and O–H groups in total. The molecule has 0 spiro atoms. The van der Waals surface area contributed by atoms with Crippen molar-refractivity contribution in [1.82, 2.24) is 5.32 Å². The van der Waals surface area contributed by atoms with Crippen molar-refractivity contribution in [2.45, 2.75) is 39.2 Å². The monoisotopic (exact) mass is 325 g/mol. The van der Waals surface area contributed by atoms with Gasteiger partial charge in [-0.05, 0) is 30.4 Å². The van der Waals surface area contributed by atoms with Crippen LogP contribution in [0.5, 0.6) is 11.5 Å². The third-order valence-electron chi connectivity index (χ3n) is 4.72. The Kier molecular flexibility index (Phi) is 5.57. The van der Waals surface area contributed by atoms with Gasteiger partial charge in [-0.25, -0.2) is 0 Å². The molecule has 0 heterocycles. The summed E-state index contributed by atoms with van der Waals surface area (Å²) < 4.78 is 10.4. The number of nitrogens with one attached hydrogen (secondary N) is 1. The first kappa shape index (κ1) is 16.9. The smallest absolute Gasteiger partial charge is 0.251 e. The zero-order valence-electron chi connectivity index (χ0n) is 13.6. The second-order valence-corrected chi connectivity index (χ2v) is 6.45. The highest BCUT2D eigenvalue weighted by molar-refractivity contribution is 6.32. The van der Waals surface area contributed by atoms with Gasteiger partial charge in [-0.3, -0.25) is 4.79 Å². The summed E-state index contributed by atoms with van der Waals surface area (Å²) in [5, 5.41) is 3.51. The Hall–Kier alpha value is -1.42. The van der Waals surface area contributed by atoms with Crippen LogP contribution in [-0.2, 0) is 0 Å². The average molecular weight is 326 g/mol. The van der Waals surface area contributed by atoms with Crippen LogP contribution in [0.2, 0.25) is 5.02 Å². The summed E-state index contributed by atoms with van der Waals surface area (Å²) in [7, 11) is 3.05. The van der Waals surface area contributed by atoms with Gasteiger partial charge in [0.25, 0.3) is 5.91 Å². The minimum Gasteiger partial charge on any atom is -0.493 e. The quantitative estimate of drug-likeness (QED) is 0.913. The highest BCUT2D eigenvalue weighted by Crippen LogP contribution is 2.36. The molecule has 1 amide bonds. The summed E-state index contributed by atoms with van der Waals surface area (Å²) in [5.41, 5.74) is 0.494. The molecule has 0 unspecified atom stereocenters. The van der Waals surface area contributed by atoms with Crippen molar-refractivity contribution in [2.24, 2.45) is 11.8 Å². The maximum absolute atomic E-state index is 12.5. The second-order valence-electron chi connectivity index (χ2n) is 6.04. The van der Waals surface area contributed by atoms with Crippen molar-refractivity contribution in [3.8, 4) is 11.5 Å². The molecule has 1 fully saturated rings. The molecule has 1 saturated carbocycles. The number of carbonyl (C=O) groups is 1. The average Bonchev–Trinajstić information content (AvgIpc) is 2.50. The number of benzene rings is 1. The van der Waals surface area contributed by atoms with Crippen molar-refractivity contribution in [3.05, 3.63) is 22.7 Å². The molecule has 122 valence electrons. The van der Waals surface area contributed by atoms with E-state index in [9.17, 15) is 4.79 Å². The predicted molar refractivity (Wildman–Crippen MR) is 88.0 cm³/mol. The topological polar surface area (TPSA) is 47.6 Å². The summed E-state index contributed by atoms with van der Waals surface area (Å²) in [5.74, 6) is 1.90. The van der Waals surface area contributed by atoms with Crippen LogP contribution in [-0.4, -0.2) is 26.2 Å². The lowest BCUT2D eigenvalue weighted by atomic mass is 9.78. The minimum atomic E-state index is -0.117. The van der Waals surface area contributed by atoms with Crippen LogP contribution in [0.4, 0.5) is 0 Å². The lowest BCUT2D eigenvalue weighted by Gasteiger charge is -2.34. The first-order valence-electron chi connectivity index (χ1n) is 7.70. The Morgan fingerprint density at radius 1 is 1.23 bits per heavy atom. The molecule has 2 rings (SSSR count). The molecule has 5 heteroatoms. The number of methoxy groups -OCH3 is 2. The van der Waals surface area contributed by atoms with E-state index < -0.39 is 0 Å².